The molecule has 4 nitrogen and oxygen atoms in total. The highest BCUT2D eigenvalue weighted by Gasteiger charge is 2.54. The van der Waals surface area contributed by atoms with Crippen LogP contribution in [0.15, 0.2) is 0 Å². The topological polar surface area (TPSA) is 66.4 Å². The summed E-state index contributed by atoms with van der Waals surface area (Å²) in [5, 5.41) is 12.2. The van der Waals surface area contributed by atoms with E-state index in [1.807, 2.05) is 0 Å². The van der Waals surface area contributed by atoms with Gasteiger partial charge in [0.1, 0.15) is 6.04 Å². The second-order valence-electron chi connectivity index (χ2n) is 5.77. The SMILES string of the molecule is CC(C)(S)C(=O)C12CCC(CC1)C(C(=O)O)N2. The van der Waals surface area contributed by atoms with E-state index in [0.29, 0.717) is 0 Å². The smallest absolute Gasteiger partial charge is 0.321 e. The first-order valence-electron chi connectivity index (χ1n) is 6.04. The largest absolute Gasteiger partial charge is 0.480 e. The molecular formula is C12H19NO3S. The molecule has 0 aromatic heterocycles. The second-order valence-corrected chi connectivity index (χ2v) is 6.89. The monoisotopic (exact) mass is 257 g/mol. The Hall–Kier alpha value is -0.550. The summed E-state index contributed by atoms with van der Waals surface area (Å²) in [6.45, 7) is 3.54. The van der Waals surface area contributed by atoms with Crippen molar-refractivity contribution in [1.82, 2.24) is 5.32 Å². The maximum absolute atomic E-state index is 12.4. The lowest BCUT2D eigenvalue weighted by Crippen LogP contribution is -2.69. The molecule has 0 amide bonds. The van der Waals surface area contributed by atoms with E-state index in [1.54, 1.807) is 13.8 Å². The van der Waals surface area contributed by atoms with Crippen LogP contribution in [0, 0.1) is 5.92 Å². The molecule has 1 saturated carbocycles. The summed E-state index contributed by atoms with van der Waals surface area (Å²) in [6.07, 6.45) is 3.12. The standard InChI is InChI=1S/C12H19NO3S/c1-11(2,17)10(16)12-5-3-7(4-6-12)8(13-12)9(14)15/h7-8,13,17H,3-6H2,1-2H3,(H,14,15). The van der Waals surface area contributed by atoms with Crippen LogP contribution < -0.4 is 5.32 Å². The lowest BCUT2D eigenvalue weighted by molar-refractivity contribution is -0.147. The number of thiol groups is 1. The lowest BCUT2D eigenvalue weighted by Gasteiger charge is -2.51. The number of carboxylic acids is 1. The number of aliphatic carboxylic acids is 1. The molecule has 1 aliphatic carbocycles. The van der Waals surface area contributed by atoms with Gasteiger partial charge in [0.2, 0.25) is 0 Å². The molecular weight excluding hydrogens is 238 g/mol. The number of nitrogens with one attached hydrogen (secondary N) is 1. The summed E-state index contributed by atoms with van der Waals surface area (Å²) in [4.78, 5) is 23.6. The summed E-state index contributed by atoms with van der Waals surface area (Å²) in [5.41, 5.74) is -0.664. The van der Waals surface area contributed by atoms with Crippen molar-refractivity contribution >= 4 is 24.4 Å². The summed E-state index contributed by atoms with van der Waals surface area (Å²) in [6, 6.07) is -0.572. The van der Waals surface area contributed by atoms with Crippen LogP contribution in [0.4, 0.5) is 0 Å². The fraction of sp³-hybridized carbons (Fsp3) is 0.833. The van der Waals surface area contributed by atoms with Crippen molar-refractivity contribution in [2.24, 2.45) is 5.92 Å². The number of ketones is 1. The Morgan fingerprint density at radius 2 is 1.88 bits per heavy atom. The number of carbonyl (C=O) groups excluding carboxylic acids is 1. The molecule has 2 heterocycles. The van der Waals surface area contributed by atoms with Crippen LogP contribution in [-0.4, -0.2) is 33.2 Å². The molecule has 0 aromatic carbocycles. The Balaban J connectivity index is 2.26. The molecule has 3 rings (SSSR count). The van der Waals surface area contributed by atoms with Crippen LogP contribution in [0.5, 0.6) is 0 Å². The molecule has 2 bridgehead atoms. The van der Waals surface area contributed by atoms with E-state index in [9.17, 15) is 9.59 Å². The van der Waals surface area contributed by atoms with Crippen molar-refractivity contribution in [2.75, 3.05) is 0 Å². The molecule has 0 radical (unpaired) electrons. The average molecular weight is 257 g/mol. The number of rotatable bonds is 3. The van der Waals surface area contributed by atoms with Crippen molar-refractivity contribution in [2.45, 2.75) is 55.9 Å². The van der Waals surface area contributed by atoms with Crippen molar-refractivity contribution in [3.8, 4) is 0 Å². The molecule has 1 atom stereocenters. The van der Waals surface area contributed by atoms with Gasteiger partial charge in [-0.2, -0.15) is 12.6 Å². The minimum atomic E-state index is -0.844. The van der Waals surface area contributed by atoms with Crippen LogP contribution in [-0.2, 0) is 9.59 Å². The molecule has 3 fully saturated rings. The molecule has 96 valence electrons. The van der Waals surface area contributed by atoms with E-state index in [-0.39, 0.29) is 11.7 Å². The van der Waals surface area contributed by atoms with Gasteiger partial charge in [-0.3, -0.25) is 14.9 Å². The van der Waals surface area contributed by atoms with E-state index in [0.717, 1.165) is 25.7 Å². The van der Waals surface area contributed by atoms with Gasteiger partial charge < -0.3 is 5.11 Å². The molecule has 0 spiro atoms. The Kier molecular flexibility index (Phi) is 3.02. The highest BCUT2D eigenvalue weighted by molar-refractivity contribution is 7.82. The summed E-state index contributed by atoms with van der Waals surface area (Å²) in [5.74, 6) is -0.647. The number of carbonyl (C=O) groups is 2. The van der Waals surface area contributed by atoms with Crippen molar-refractivity contribution in [3.05, 3.63) is 0 Å². The fourth-order valence-electron chi connectivity index (χ4n) is 3.17. The third kappa shape index (κ3) is 2.10. The van der Waals surface area contributed by atoms with Gasteiger partial charge in [0, 0.05) is 0 Å². The second kappa shape index (κ2) is 3.99. The highest BCUT2D eigenvalue weighted by Crippen LogP contribution is 2.43. The zero-order valence-electron chi connectivity index (χ0n) is 10.2. The molecule has 2 N–H and O–H groups in total. The maximum atomic E-state index is 12.4. The van der Waals surface area contributed by atoms with Crippen LogP contribution >= 0.6 is 12.6 Å². The van der Waals surface area contributed by atoms with Crippen molar-refractivity contribution < 1.29 is 14.7 Å². The fourth-order valence-corrected chi connectivity index (χ4v) is 3.38. The van der Waals surface area contributed by atoms with Crippen LogP contribution in [0.3, 0.4) is 0 Å². The summed E-state index contributed by atoms with van der Waals surface area (Å²) in [7, 11) is 0. The molecule has 17 heavy (non-hydrogen) atoms. The van der Waals surface area contributed by atoms with E-state index < -0.39 is 22.3 Å². The third-order valence-corrected chi connectivity index (χ3v) is 4.25. The van der Waals surface area contributed by atoms with Gasteiger partial charge >= 0.3 is 5.97 Å². The van der Waals surface area contributed by atoms with Crippen molar-refractivity contribution in [3.63, 3.8) is 0 Å². The Labute approximate surface area is 107 Å². The minimum Gasteiger partial charge on any atom is -0.480 e. The zero-order valence-corrected chi connectivity index (χ0v) is 11.1. The number of hydrogen-bond acceptors (Lipinski definition) is 4. The minimum absolute atomic E-state index is 0.0257. The van der Waals surface area contributed by atoms with Gasteiger partial charge in [-0.1, -0.05) is 0 Å². The van der Waals surface area contributed by atoms with Crippen LogP contribution in [0.2, 0.25) is 0 Å². The number of hydrogen-bond donors (Lipinski definition) is 3. The third-order valence-electron chi connectivity index (χ3n) is 4.04. The van der Waals surface area contributed by atoms with Gasteiger partial charge in [-0.05, 0) is 45.4 Å². The van der Waals surface area contributed by atoms with Gasteiger partial charge in [0.25, 0.3) is 0 Å². The summed E-state index contributed by atoms with van der Waals surface area (Å²) < 4.78 is -0.722. The first-order valence-corrected chi connectivity index (χ1v) is 6.49. The Morgan fingerprint density at radius 1 is 1.35 bits per heavy atom. The predicted octanol–water partition coefficient (Wildman–Crippen LogP) is 1.25. The zero-order chi connectivity index (χ0) is 12.8. The maximum Gasteiger partial charge on any atom is 0.321 e. The van der Waals surface area contributed by atoms with E-state index >= 15 is 0 Å². The van der Waals surface area contributed by atoms with Crippen molar-refractivity contribution in [1.29, 1.82) is 0 Å². The number of Topliss-reactive ketones (excluding diaryl/α,β-unsaturated/α-hetero) is 1. The number of fused-ring (bicyclic) bond motifs is 3. The molecule has 3 aliphatic rings. The molecule has 2 saturated heterocycles. The normalized spacial score (nSPS) is 36.9. The first-order chi connectivity index (χ1) is 7.76. The van der Waals surface area contributed by atoms with Gasteiger partial charge in [-0.25, -0.2) is 0 Å². The first kappa shape index (κ1) is 12.9. The van der Waals surface area contributed by atoms with Gasteiger partial charge in [0.05, 0.1) is 10.3 Å². The number of carboxylic acid groups (broad SMARTS) is 1. The molecule has 1 unspecified atom stereocenters. The number of piperidine rings is 2. The quantitative estimate of drug-likeness (QED) is 0.666. The van der Waals surface area contributed by atoms with Gasteiger partial charge in [0.15, 0.2) is 5.78 Å². The van der Waals surface area contributed by atoms with E-state index in [4.69, 9.17) is 5.11 Å². The molecule has 5 heteroatoms. The Bertz CT molecular complexity index is 353. The highest BCUT2D eigenvalue weighted by atomic mass is 32.1. The van der Waals surface area contributed by atoms with E-state index in [2.05, 4.69) is 17.9 Å². The lowest BCUT2D eigenvalue weighted by atomic mass is 9.65. The van der Waals surface area contributed by atoms with Crippen LogP contribution in [0.25, 0.3) is 0 Å². The molecule has 0 aromatic rings. The summed E-state index contributed by atoms with van der Waals surface area (Å²) >= 11 is 4.33. The van der Waals surface area contributed by atoms with Gasteiger partial charge in [-0.15, -0.1) is 0 Å². The van der Waals surface area contributed by atoms with Crippen LogP contribution in [0.1, 0.15) is 39.5 Å². The van der Waals surface area contributed by atoms with E-state index in [1.165, 1.54) is 0 Å². The molecule has 2 aliphatic heterocycles. The average Bonchev–Trinajstić information content (AvgIpc) is 2.28. The Morgan fingerprint density at radius 3 is 2.29 bits per heavy atom. The predicted molar refractivity (Wildman–Crippen MR) is 67.3 cm³/mol.